The number of anilines is 2. The summed E-state index contributed by atoms with van der Waals surface area (Å²) < 4.78 is 12.0. The van der Waals surface area contributed by atoms with Crippen molar-refractivity contribution < 1.29 is 14.3 Å². The van der Waals surface area contributed by atoms with Gasteiger partial charge in [-0.2, -0.15) is 0 Å². The second-order valence-electron chi connectivity index (χ2n) is 9.60. The van der Waals surface area contributed by atoms with Crippen LogP contribution in [0.1, 0.15) is 43.0 Å². The number of rotatable bonds is 8. The zero-order chi connectivity index (χ0) is 26.0. The molecule has 1 aliphatic heterocycles. The van der Waals surface area contributed by atoms with Crippen molar-refractivity contribution in [3.63, 3.8) is 0 Å². The number of benzene rings is 3. The van der Waals surface area contributed by atoms with Gasteiger partial charge in [-0.3, -0.25) is 4.79 Å². The summed E-state index contributed by atoms with van der Waals surface area (Å²) in [4.78, 5) is 17.5. The van der Waals surface area contributed by atoms with Crippen LogP contribution in [0.5, 0.6) is 11.5 Å². The quantitative estimate of drug-likeness (QED) is 0.315. The third kappa shape index (κ3) is 5.36. The van der Waals surface area contributed by atoms with E-state index in [0.29, 0.717) is 16.5 Å². The van der Waals surface area contributed by atoms with Gasteiger partial charge in [0.25, 0.3) is 0 Å². The second kappa shape index (κ2) is 10.7. The first-order chi connectivity index (χ1) is 17.2. The highest BCUT2D eigenvalue weighted by Crippen LogP contribution is 2.44. The van der Waals surface area contributed by atoms with Crippen LogP contribution in [0.3, 0.4) is 0 Å². The second-order valence-corrected chi connectivity index (χ2v) is 10.0. The Morgan fingerprint density at radius 3 is 2.36 bits per heavy atom. The van der Waals surface area contributed by atoms with Gasteiger partial charge in [0.05, 0.1) is 25.7 Å². The van der Waals surface area contributed by atoms with Gasteiger partial charge in [-0.1, -0.05) is 29.3 Å². The van der Waals surface area contributed by atoms with Gasteiger partial charge in [-0.15, -0.1) is 6.58 Å². The number of ether oxygens (including phenoxy) is 2. The molecule has 0 bridgehead atoms. The molecule has 1 aliphatic rings. The number of carbonyl (C=O) groups excluding carboxylic acids is 1. The van der Waals surface area contributed by atoms with Crippen LogP contribution in [0.15, 0.2) is 72.8 Å². The summed E-state index contributed by atoms with van der Waals surface area (Å²) >= 11 is 6.21. The predicted octanol–water partition coefficient (Wildman–Crippen LogP) is 6.83. The first-order valence-electron chi connectivity index (χ1n) is 12.0. The maximum Gasteiger partial charge on any atom is 0.232 e. The van der Waals surface area contributed by atoms with Crippen molar-refractivity contribution in [2.45, 2.75) is 38.8 Å². The molecule has 0 saturated heterocycles. The molecule has 36 heavy (non-hydrogen) atoms. The summed E-state index contributed by atoms with van der Waals surface area (Å²) in [5.74, 6) is 1.29. The number of carbonyl (C=O) groups is 1. The summed E-state index contributed by atoms with van der Waals surface area (Å²) in [6, 6.07) is 19.3. The molecule has 0 N–H and O–H groups in total. The lowest BCUT2D eigenvalue weighted by Gasteiger charge is -2.38. The van der Waals surface area contributed by atoms with Gasteiger partial charge in [0.1, 0.15) is 0 Å². The molecule has 0 fully saturated rings. The number of fused-ring (bicyclic) bond motifs is 1. The van der Waals surface area contributed by atoms with E-state index < -0.39 is 0 Å². The summed E-state index contributed by atoms with van der Waals surface area (Å²) in [6.45, 7) is 8.02. The van der Waals surface area contributed by atoms with Crippen molar-refractivity contribution in [1.29, 1.82) is 0 Å². The Balaban J connectivity index is 1.85. The van der Waals surface area contributed by atoms with Gasteiger partial charge in [0.2, 0.25) is 5.91 Å². The van der Waals surface area contributed by atoms with Gasteiger partial charge in [0, 0.05) is 36.9 Å². The lowest BCUT2D eigenvalue weighted by molar-refractivity contribution is -0.118. The van der Waals surface area contributed by atoms with E-state index in [9.17, 15) is 4.79 Å². The van der Waals surface area contributed by atoms with E-state index in [1.54, 1.807) is 7.11 Å². The van der Waals surface area contributed by atoms with E-state index in [-0.39, 0.29) is 24.5 Å². The third-order valence-corrected chi connectivity index (χ3v) is 6.63. The summed E-state index contributed by atoms with van der Waals surface area (Å²) in [5, 5.41) is 0.648. The zero-order valence-corrected chi connectivity index (χ0v) is 22.3. The molecule has 3 aromatic carbocycles. The van der Waals surface area contributed by atoms with Crippen LogP contribution in [-0.2, 0) is 11.2 Å². The summed E-state index contributed by atoms with van der Waals surface area (Å²) in [7, 11) is 5.62. The van der Waals surface area contributed by atoms with Crippen LogP contribution < -0.4 is 19.3 Å². The van der Waals surface area contributed by atoms with E-state index in [0.717, 1.165) is 40.1 Å². The molecule has 0 radical (unpaired) electrons. The van der Waals surface area contributed by atoms with Crippen LogP contribution in [0.2, 0.25) is 5.02 Å². The van der Waals surface area contributed by atoms with E-state index in [4.69, 9.17) is 21.1 Å². The number of halogens is 1. The van der Waals surface area contributed by atoms with Gasteiger partial charge in [-0.25, -0.2) is 0 Å². The average molecular weight is 505 g/mol. The molecular weight excluding hydrogens is 472 g/mol. The molecule has 6 heteroatoms. The van der Waals surface area contributed by atoms with Crippen LogP contribution in [0, 0.1) is 0 Å². The van der Waals surface area contributed by atoms with Crippen LogP contribution in [-0.4, -0.2) is 33.2 Å². The lowest BCUT2D eigenvalue weighted by atomic mass is 9.86. The normalized spacial score (nSPS) is 15.8. The molecule has 1 heterocycles. The minimum absolute atomic E-state index is 0.0198. The lowest BCUT2D eigenvalue weighted by Crippen LogP contribution is -2.41. The summed E-state index contributed by atoms with van der Waals surface area (Å²) in [5.41, 5.74) is 5.86. The van der Waals surface area contributed by atoms with Crippen molar-refractivity contribution >= 4 is 28.9 Å². The molecule has 188 valence electrons. The Labute approximate surface area is 218 Å². The van der Waals surface area contributed by atoms with E-state index >= 15 is 0 Å². The van der Waals surface area contributed by atoms with E-state index in [1.807, 2.05) is 98.4 Å². The van der Waals surface area contributed by atoms with Crippen molar-refractivity contribution in [3.05, 3.63) is 94.5 Å². The van der Waals surface area contributed by atoms with Gasteiger partial charge >= 0.3 is 0 Å². The van der Waals surface area contributed by atoms with E-state index in [2.05, 4.69) is 6.58 Å². The molecule has 5 nitrogen and oxygen atoms in total. The fraction of sp³-hybridized carbons (Fsp3) is 0.300. The first kappa shape index (κ1) is 25.6. The topological polar surface area (TPSA) is 42.0 Å². The van der Waals surface area contributed by atoms with Crippen molar-refractivity contribution in [3.8, 4) is 11.5 Å². The smallest absolute Gasteiger partial charge is 0.232 e. The van der Waals surface area contributed by atoms with Gasteiger partial charge in [0.15, 0.2) is 11.5 Å². The van der Waals surface area contributed by atoms with Gasteiger partial charge in [-0.05, 0) is 79.1 Å². The minimum Gasteiger partial charge on any atom is -0.493 e. The van der Waals surface area contributed by atoms with Crippen LogP contribution >= 0.6 is 11.6 Å². The largest absolute Gasteiger partial charge is 0.493 e. The predicted molar refractivity (Wildman–Crippen MR) is 148 cm³/mol. The molecule has 4 rings (SSSR count). The maximum atomic E-state index is 13.6. The Bertz CT molecular complexity index is 1250. The highest BCUT2D eigenvalue weighted by atomic mass is 35.5. The molecule has 0 spiro atoms. The number of hydrogen-bond donors (Lipinski definition) is 0. The fourth-order valence-electron chi connectivity index (χ4n) is 4.74. The molecule has 2 atom stereocenters. The van der Waals surface area contributed by atoms with Crippen molar-refractivity contribution in [2.75, 3.05) is 31.0 Å². The molecule has 0 saturated carbocycles. The first-order valence-corrected chi connectivity index (χ1v) is 12.4. The molecule has 2 unspecified atom stereocenters. The highest BCUT2D eigenvalue weighted by Gasteiger charge is 2.36. The average Bonchev–Trinajstić information content (AvgIpc) is 2.83. The third-order valence-electron chi connectivity index (χ3n) is 6.38. The Morgan fingerprint density at radius 2 is 1.78 bits per heavy atom. The summed E-state index contributed by atoms with van der Waals surface area (Å²) in [6.07, 6.45) is 0.944. The SMILES string of the molecule is C=C(C)CC(C)Oc1cc2c(cc1OC)CC(=O)N(c1ccc(N(C)C)cc1)C2c1ccc(Cl)cc1. The van der Waals surface area contributed by atoms with Crippen molar-refractivity contribution in [2.24, 2.45) is 0 Å². The number of amides is 1. The molecule has 1 amide bonds. The Kier molecular flexibility index (Phi) is 7.60. The minimum atomic E-state index is -0.339. The number of nitrogens with zero attached hydrogens (tertiary/aromatic N) is 2. The van der Waals surface area contributed by atoms with Crippen LogP contribution in [0.25, 0.3) is 0 Å². The number of methoxy groups -OCH3 is 1. The molecule has 0 aromatic heterocycles. The maximum absolute atomic E-state index is 13.6. The molecule has 3 aromatic rings. The Hall–Kier alpha value is -3.44. The van der Waals surface area contributed by atoms with Gasteiger partial charge < -0.3 is 19.3 Å². The number of hydrogen-bond acceptors (Lipinski definition) is 4. The molecule has 0 aliphatic carbocycles. The zero-order valence-electron chi connectivity index (χ0n) is 21.5. The molecular formula is C30H33ClN2O3. The van der Waals surface area contributed by atoms with Crippen LogP contribution in [0.4, 0.5) is 11.4 Å². The standard InChI is InChI=1S/C30H33ClN2O3/c1-19(2)15-20(3)36-28-18-26-22(16-27(28)35-6)17-29(34)33(25-13-11-24(12-14-25)32(4)5)30(26)21-7-9-23(31)10-8-21/h7-14,16,18,20,30H,1,15,17H2,2-6H3. The monoisotopic (exact) mass is 504 g/mol. The van der Waals surface area contributed by atoms with Crippen molar-refractivity contribution in [1.82, 2.24) is 0 Å². The van der Waals surface area contributed by atoms with E-state index in [1.165, 1.54) is 0 Å². The highest BCUT2D eigenvalue weighted by molar-refractivity contribution is 6.30. The fourth-order valence-corrected chi connectivity index (χ4v) is 4.86. The Morgan fingerprint density at radius 1 is 1.11 bits per heavy atom.